The SMILES string of the molecule is Cc1cccc(SSc2cccc(Cl)c2)c1. The number of hydrogen-bond donors (Lipinski definition) is 0. The molecule has 3 heteroatoms. The monoisotopic (exact) mass is 266 g/mol. The van der Waals surface area contributed by atoms with Crippen molar-refractivity contribution >= 4 is 33.2 Å². The summed E-state index contributed by atoms with van der Waals surface area (Å²) < 4.78 is 0. The molecule has 0 bridgehead atoms. The smallest absolute Gasteiger partial charge is 0.0417 e. The maximum absolute atomic E-state index is 5.93. The first-order valence-corrected chi connectivity index (χ1v) is 7.43. The van der Waals surface area contributed by atoms with Gasteiger partial charge in [0.2, 0.25) is 0 Å². The van der Waals surface area contributed by atoms with E-state index in [0.717, 1.165) is 5.02 Å². The van der Waals surface area contributed by atoms with Gasteiger partial charge < -0.3 is 0 Å². The van der Waals surface area contributed by atoms with Crippen LogP contribution < -0.4 is 0 Å². The van der Waals surface area contributed by atoms with Gasteiger partial charge in [0.15, 0.2) is 0 Å². The van der Waals surface area contributed by atoms with Gasteiger partial charge in [-0.2, -0.15) is 0 Å². The quantitative estimate of drug-likeness (QED) is 0.678. The van der Waals surface area contributed by atoms with Gasteiger partial charge in [0.1, 0.15) is 0 Å². The topological polar surface area (TPSA) is 0 Å². The fourth-order valence-corrected chi connectivity index (χ4v) is 3.61. The van der Waals surface area contributed by atoms with E-state index in [9.17, 15) is 0 Å². The van der Waals surface area contributed by atoms with Gasteiger partial charge >= 0.3 is 0 Å². The van der Waals surface area contributed by atoms with Crippen LogP contribution in [-0.4, -0.2) is 0 Å². The standard InChI is InChI=1S/C13H11ClS2/c1-10-4-2-6-12(8-10)15-16-13-7-3-5-11(14)9-13/h2-9H,1H3. The molecule has 0 fully saturated rings. The van der Waals surface area contributed by atoms with Crippen LogP contribution in [0.4, 0.5) is 0 Å². The van der Waals surface area contributed by atoms with Crippen LogP contribution in [0.1, 0.15) is 5.56 Å². The minimum absolute atomic E-state index is 0.787. The molecule has 0 saturated heterocycles. The summed E-state index contributed by atoms with van der Waals surface area (Å²) in [7, 11) is 3.48. The van der Waals surface area contributed by atoms with Crippen LogP contribution in [0.15, 0.2) is 58.3 Å². The summed E-state index contributed by atoms with van der Waals surface area (Å²) in [5, 5.41) is 0.787. The molecule has 0 aliphatic heterocycles. The summed E-state index contributed by atoms with van der Waals surface area (Å²) in [6.45, 7) is 2.11. The third-order valence-electron chi connectivity index (χ3n) is 2.02. The number of rotatable bonds is 3. The summed E-state index contributed by atoms with van der Waals surface area (Å²) in [4.78, 5) is 2.45. The first kappa shape index (κ1) is 11.9. The van der Waals surface area contributed by atoms with E-state index in [4.69, 9.17) is 11.6 Å². The van der Waals surface area contributed by atoms with E-state index >= 15 is 0 Å². The highest BCUT2D eigenvalue weighted by Crippen LogP contribution is 2.38. The van der Waals surface area contributed by atoms with Gasteiger partial charge in [-0.15, -0.1) is 0 Å². The zero-order chi connectivity index (χ0) is 11.4. The van der Waals surface area contributed by atoms with Crippen LogP contribution >= 0.6 is 33.2 Å². The molecule has 2 rings (SSSR count). The molecule has 0 atom stereocenters. The van der Waals surface area contributed by atoms with Crippen molar-refractivity contribution in [2.45, 2.75) is 16.7 Å². The molecule has 0 amide bonds. The zero-order valence-corrected chi connectivity index (χ0v) is 11.2. The Hall–Kier alpha value is -0.570. The lowest BCUT2D eigenvalue weighted by atomic mass is 10.2. The number of halogens is 1. The molecule has 0 unspecified atom stereocenters. The van der Waals surface area contributed by atoms with Crippen LogP contribution in [-0.2, 0) is 0 Å². The van der Waals surface area contributed by atoms with E-state index in [2.05, 4.69) is 37.3 Å². The lowest BCUT2D eigenvalue weighted by molar-refractivity contribution is 1.37. The molecule has 82 valence electrons. The molecule has 16 heavy (non-hydrogen) atoms. The third-order valence-corrected chi connectivity index (χ3v) is 4.64. The second-order valence-corrected chi connectivity index (χ2v) is 6.15. The molecule has 0 aliphatic carbocycles. The maximum Gasteiger partial charge on any atom is 0.0417 e. The van der Waals surface area contributed by atoms with Crippen LogP contribution in [0.3, 0.4) is 0 Å². The van der Waals surface area contributed by atoms with Crippen molar-refractivity contribution in [3.63, 3.8) is 0 Å². The van der Waals surface area contributed by atoms with Crippen LogP contribution in [0.25, 0.3) is 0 Å². The Labute approximate surface area is 109 Å². The summed E-state index contributed by atoms with van der Waals surface area (Å²) in [5.74, 6) is 0. The Balaban J connectivity index is 2.02. The Morgan fingerprint density at radius 2 is 1.50 bits per heavy atom. The van der Waals surface area contributed by atoms with Crippen molar-refractivity contribution < 1.29 is 0 Å². The van der Waals surface area contributed by atoms with Crippen molar-refractivity contribution in [1.82, 2.24) is 0 Å². The predicted octanol–water partition coefficient (Wildman–Crippen LogP) is 5.45. The molecule has 0 aromatic heterocycles. The second kappa shape index (κ2) is 5.67. The molecule has 0 heterocycles. The van der Waals surface area contributed by atoms with Crippen molar-refractivity contribution in [2.24, 2.45) is 0 Å². The predicted molar refractivity (Wildman–Crippen MR) is 74.3 cm³/mol. The van der Waals surface area contributed by atoms with Crippen LogP contribution in [0, 0.1) is 6.92 Å². The molecule has 0 saturated carbocycles. The van der Waals surface area contributed by atoms with Crippen LogP contribution in [0.5, 0.6) is 0 Å². The molecule has 0 N–H and O–H groups in total. The highest BCUT2D eigenvalue weighted by Gasteiger charge is 1.98. The van der Waals surface area contributed by atoms with E-state index in [1.807, 2.05) is 18.2 Å². The van der Waals surface area contributed by atoms with Gasteiger partial charge in [0.25, 0.3) is 0 Å². The minimum Gasteiger partial charge on any atom is -0.0843 e. The fraction of sp³-hybridized carbons (Fsp3) is 0.0769. The molecule has 2 aromatic rings. The lowest BCUT2D eigenvalue weighted by Crippen LogP contribution is -1.72. The van der Waals surface area contributed by atoms with Crippen molar-refractivity contribution in [3.8, 4) is 0 Å². The molecule has 0 aliphatic rings. The highest BCUT2D eigenvalue weighted by atomic mass is 35.5. The minimum atomic E-state index is 0.787. The first-order chi connectivity index (χ1) is 7.74. The number of benzene rings is 2. The summed E-state index contributed by atoms with van der Waals surface area (Å²) in [6.07, 6.45) is 0. The highest BCUT2D eigenvalue weighted by molar-refractivity contribution is 8.76. The fourth-order valence-electron chi connectivity index (χ4n) is 1.28. The van der Waals surface area contributed by atoms with Gasteiger partial charge in [-0.25, -0.2) is 0 Å². The van der Waals surface area contributed by atoms with Crippen molar-refractivity contribution in [2.75, 3.05) is 0 Å². The third kappa shape index (κ3) is 3.48. The molecule has 0 nitrogen and oxygen atoms in total. The summed E-state index contributed by atoms with van der Waals surface area (Å²) in [6, 6.07) is 16.4. The van der Waals surface area contributed by atoms with E-state index < -0.39 is 0 Å². The van der Waals surface area contributed by atoms with Gasteiger partial charge in [-0.3, -0.25) is 0 Å². The summed E-state index contributed by atoms with van der Waals surface area (Å²) >= 11 is 5.93. The van der Waals surface area contributed by atoms with Gasteiger partial charge in [-0.05, 0) is 42.8 Å². The Morgan fingerprint density at radius 1 is 0.875 bits per heavy atom. The van der Waals surface area contributed by atoms with Crippen molar-refractivity contribution in [3.05, 3.63) is 59.1 Å². The van der Waals surface area contributed by atoms with Gasteiger partial charge in [0, 0.05) is 14.8 Å². The van der Waals surface area contributed by atoms with E-state index in [-0.39, 0.29) is 0 Å². The lowest BCUT2D eigenvalue weighted by Gasteiger charge is -2.02. The average molecular weight is 267 g/mol. The van der Waals surface area contributed by atoms with Gasteiger partial charge in [0.05, 0.1) is 0 Å². The van der Waals surface area contributed by atoms with E-state index in [0.29, 0.717) is 0 Å². The maximum atomic E-state index is 5.93. The molecule has 0 radical (unpaired) electrons. The Kier molecular flexibility index (Phi) is 4.22. The molecule has 0 spiro atoms. The van der Waals surface area contributed by atoms with Gasteiger partial charge in [-0.1, -0.05) is 51.4 Å². The number of hydrogen-bond acceptors (Lipinski definition) is 2. The van der Waals surface area contributed by atoms with E-state index in [1.54, 1.807) is 21.6 Å². The van der Waals surface area contributed by atoms with E-state index in [1.165, 1.54) is 15.4 Å². The Morgan fingerprint density at radius 3 is 2.12 bits per heavy atom. The summed E-state index contributed by atoms with van der Waals surface area (Å²) in [5.41, 5.74) is 1.29. The van der Waals surface area contributed by atoms with Crippen molar-refractivity contribution in [1.29, 1.82) is 0 Å². The normalized spacial score (nSPS) is 10.4. The second-order valence-electron chi connectivity index (χ2n) is 3.44. The Bertz CT molecular complexity index is 437. The van der Waals surface area contributed by atoms with Crippen LogP contribution in [0.2, 0.25) is 5.02 Å². The average Bonchev–Trinajstić information content (AvgIpc) is 2.27. The number of aryl methyl sites for hydroxylation is 1. The first-order valence-electron chi connectivity index (χ1n) is 4.91. The largest absolute Gasteiger partial charge is 0.0843 e. The molecule has 2 aromatic carbocycles. The molecular formula is C13H11ClS2. The zero-order valence-electron chi connectivity index (χ0n) is 8.81. The molecular weight excluding hydrogens is 256 g/mol.